The van der Waals surface area contributed by atoms with Crippen LogP contribution >= 0.6 is 0 Å². The minimum absolute atomic E-state index is 0.0726. The fourth-order valence-electron chi connectivity index (χ4n) is 4.38. The quantitative estimate of drug-likeness (QED) is 0.550. The maximum Gasteiger partial charge on any atom is 0.311 e. The summed E-state index contributed by atoms with van der Waals surface area (Å²) in [5, 5.41) is 13.1. The van der Waals surface area contributed by atoms with E-state index in [1.165, 1.54) is 6.20 Å². The highest BCUT2D eigenvalue weighted by molar-refractivity contribution is 5.94. The second-order valence-corrected chi connectivity index (χ2v) is 7.66. The summed E-state index contributed by atoms with van der Waals surface area (Å²) in [5.41, 5.74) is -0.602. The molecule has 1 saturated carbocycles. The van der Waals surface area contributed by atoms with Gasteiger partial charge in [0.05, 0.1) is 17.1 Å². The molecule has 1 aliphatic rings. The first-order valence-electron chi connectivity index (χ1n) is 9.84. The van der Waals surface area contributed by atoms with E-state index in [1.807, 2.05) is 6.92 Å². The van der Waals surface area contributed by atoms with Crippen LogP contribution in [0, 0.1) is 22.9 Å². The fraction of sp³-hybridized carbons (Fsp3) is 0.381. The number of nitrogens with one attached hydrogen (secondary N) is 2. The summed E-state index contributed by atoms with van der Waals surface area (Å²) >= 11 is 0. The summed E-state index contributed by atoms with van der Waals surface area (Å²) in [5.74, 6) is -3.21. The summed E-state index contributed by atoms with van der Waals surface area (Å²) < 4.78 is 42.2. The van der Waals surface area contributed by atoms with Gasteiger partial charge in [0.25, 0.3) is 0 Å². The van der Waals surface area contributed by atoms with E-state index in [-0.39, 0.29) is 22.5 Å². The number of H-pyrrole nitrogens is 1. The molecule has 0 unspecified atom stereocenters. The normalized spacial score (nSPS) is 21.7. The van der Waals surface area contributed by atoms with Crippen molar-refractivity contribution in [2.24, 2.45) is 5.41 Å². The Balaban J connectivity index is 1.74. The van der Waals surface area contributed by atoms with Crippen molar-refractivity contribution < 1.29 is 23.1 Å². The van der Waals surface area contributed by atoms with Crippen LogP contribution in [0.25, 0.3) is 22.3 Å². The van der Waals surface area contributed by atoms with E-state index in [1.54, 1.807) is 0 Å². The first kappa shape index (κ1) is 20.2. The molecule has 0 spiro atoms. The molecular formula is C21H21F3N4O2. The van der Waals surface area contributed by atoms with Gasteiger partial charge in [-0.1, -0.05) is 19.8 Å². The number of aliphatic carboxylic acids is 1. The van der Waals surface area contributed by atoms with Gasteiger partial charge in [-0.2, -0.15) is 0 Å². The number of fused-ring (bicyclic) bond motifs is 1. The molecule has 30 heavy (non-hydrogen) atoms. The van der Waals surface area contributed by atoms with Crippen molar-refractivity contribution in [1.82, 2.24) is 15.0 Å². The Morgan fingerprint density at radius 1 is 1.30 bits per heavy atom. The highest BCUT2D eigenvalue weighted by Gasteiger charge is 2.46. The molecule has 0 amide bonds. The fourth-order valence-corrected chi connectivity index (χ4v) is 4.38. The second-order valence-electron chi connectivity index (χ2n) is 7.66. The van der Waals surface area contributed by atoms with Crippen molar-refractivity contribution >= 4 is 22.7 Å². The van der Waals surface area contributed by atoms with Gasteiger partial charge in [-0.15, -0.1) is 0 Å². The van der Waals surface area contributed by atoms with Crippen molar-refractivity contribution in [1.29, 1.82) is 0 Å². The number of hydrogen-bond donors (Lipinski definition) is 3. The number of rotatable bonds is 5. The Hall–Kier alpha value is -3.10. The number of hydrogen-bond acceptors (Lipinski definition) is 4. The van der Waals surface area contributed by atoms with Crippen molar-refractivity contribution in [3.8, 4) is 11.4 Å². The minimum atomic E-state index is -1.01. The highest BCUT2D eigenvalue weighted by Crippen LogP contribution is 2.41. The van der Waals surface area contributed by atoms with E-state index in [0.29, 0.717) is 24.8 Å². The van der Waals surface area contributed by atoms with Crippen LogP contribution < -0.4 is 5.32 Å². The molecule has 0 radical (unpaired) electrons. The van der Waals surface area contributed by atoms with E-state index >= 15 is 0 Å². The highest BCUT2D eigenvalue weighted by atomic mass is 19.1. The Morgan fingerprint density at radius 3 is 2.83 bits per heavy atom. The molecule has 0 bridgehead atoms. The van der Waals surface area contributed by atoms with Crippen LogP contribution in [0.3, 0.4) is 0 Å². The molecule has 1 fully saturated rings. The molecule has 9 heteroatoms. The zero-order valence-electron chi connectivity index (χ0n) is 16.3. The number of aromatic nitrogens is 3. The summed E-state index contributed by atoms with van der Waals surface area (Å²) in [7, 11) is 0. The molecule has 2 atom stereocenters. The first-order chi connectivity index (χ1) is 14.4. The third-order valence-electron chi connectivity index (χ3n) is 6.09. The molecule has 3 aromatic rings. The minimum Gasteiger partial charge on any atom is -0.481 e. The predicted octanol–water partition coefficient (Wildman–Crippen LogP) is 4.88. The van der Waals surface area contributed by atoms with E-state index in [0.717, 1.165) is 31.2 Å². The summed E-state index contributed by atoms with van der Waals surface area (Å²) in [6.45, 7) is 1.81. The standard InChI is InChI=1S/C21H21F3N4O2/c1-2-21(20(29)30)6-4-3-5-16(21)27-19-15(24)10-26-18(28-19)13-9-25-17-12(13)7-11(22)8-14(17)23/h7-10,16,25H,2-6H2,1H3,(H,29,30)(H,26,27,28)/t16-,21-/m1/s1. The molecule has 6 nitrogen and oxygen atoms in total. The number of carbonyl (C=O) groups is 1. The van der Waals surface area contributed by atoms with Gasteiger partial charge in [0.1, 0.15) is 11.6 Å². The van der Waals surface area contributed by atoms with E-state index in [4.69, 9.17) is 0 Å². The van der Waals surface area contributed by atoms with Gasteiger partial charge in [-0.05, 0) is 25.3 Å². The topological polar surface area (TPSA) is 90.9 Å². The Morgan fingerprint density at radius 2 is 2.10 bits per heavy atom. The lowest BCUT2D eigenvalue weighted by Crippen LogP contribution is -2.48. The van der Waals surface area contributed by atoms with Crippen LogP contribution in [0.5, 0.6) is 0 Å². The third-order valence-corrected chi connectivity index (χ3v) is 6.09. The van der Waals surface area contributed by atoms with Crippen molar-refractivity contribution in [3.63, 3.8) is 0 Å². The second kappa shape index (κ2) is 7.62. The SMILES string of the molecule is CC[C@@]1(C(=O)O)CCCC[C@H]1Nc1nc(-c2c[nH]c3c(F)cc(F)cc23)ncc1F. The van der Waals surface area contributed by atoms with E-state index in [9.17, 15) is 23.1 Å². The zero-order valence-corrected chi connectivity index (χ0v) is 16.3. The van der Waals surface area contributed by atoms with Crippen molar-refractivity contribution in [2.75, 3.05) is 5.32 Å². The molecule has 2 aromatic heterocycles. The number of anilines is 1. The van der Waals surface area contributed by atoms with Gasteiger partial charge in [0.15, 0.2) is 17.5 Å². The Bertz CT molecular complexity index is 1120. The Labute approximate surface area is 170 Å². The van der Waals surface area contributed by atoms with Crippen molar-refractivity contribution in [2.45, 2.75) is 45.1 Å². The van der Waals surface area contributed by atoms with Crippen molar-refractivity contribution in [3.05, 3.63) is 42.0 Å². The smallest absolute Gasteiger partial charge is 0.311 e. The van der Waals surface area contributed by atoms with Crippen LogP contribution in [0.15, 0.2) is 24.5 Å². The van der Waals surface area contributed by atoms with Crippen LogP contribution in [-0.4, -0.2) is 32.1 Å². The molecule has 3 N–H and O–H groups in total. The number of benzene rings is 1. The molecule has 0 aliphatic heterocycles. The molecule has 4 rings (SSSR count). The number of carboxylic acids is 1. The number of nitrogens with zero attached hydrogens (tertiary/aromatic N) is 2. The van der Waals surface area contributed by atoms with Crippen LogP contribution in [0.1, 0.15) is 39.0 Å². The Kier molecular flexibility index (Phi) is 5.13. The van der Waals surface area contributed by atoms with Gasteiger partial charge in [0.2, 0.25) is 0 Å². The molecule has 1 aromatic carbocycles. The summed E-state index contributed by atoms with van der Waals surface area (Å²) in [6.07, 6.45) is 5.49. The van der Waals surface area contributed by atoms with Crippen LogP contribution in [0.2, 0.25) is 0 Å². The number of halogens is 3. The molecular weight excluding hydrogens is 397 g/mol. The van der Waals surface area contributed by atoms with Crippen LogP contribution in [0.4, 0.5) is 19.0 Å². The lowest BCUT2D eigenvalue weighted by Gasteiger charge is -2.40. The lowest BCUT2D eigenvalue weighted by atomic mass is 9.68. The molecule has 2 heterocycles. The van der Waals surface area contributed by atoms with E-state index in [2.05, 4.69) is 20.3 Å². The molecule has 0 saturated heterocycles. The zero-order chi connectivity index (χ0) is 21.5. The largest absolute Gasteiger partial charge is 0.481 e. The number of carboxylic acid groups (broad SMARTS) is 1. The summed E-state index contributed by atoms with van der Waals surface area (Å²) in [6, 6.07) is 1.42. The maximum atomic E-state index is 14.5. The monoisotopic (exact) mass is 418 g/mol. The first-order valence-corrected chi connectivity index (χ1v) is 9.84. The number of aromatic amines is 1. The van der Waals surface area contributed by atoms with Crippen LogP contribution in [-0.2, 0) is 4.79 Å². The van der Waals surface area contributed by atoms with E-state index < -0.39 is 34.9 Å². The van der Waals surface area contributed by atoms with Gasteiger partial charge < -0.3 is 15.4 Å². The average molecular weight is 418 g/mol. The average Bonchev–Trinajstić information content (AvgIpc) is 3.14. The predicted molar refractivity (Wildman–Crippen MR) is 105 cm³/mol. The molecule has 158 valence electrons. The maximum absolute atomic E-state index is 14.5. The van der Waals surface area contributed by atoms with Gasteiger partial charge in [0, 0.05) is 29.3 Å². The van der Waals surface area contributed by atoms with Gasteiger partial charge in [-0.3, -0.25) is 4.79 Å². The summed E-state index contributed by atoms with van der Waals surface area (Å²) in [4.78, 5) is 22.9. The van der Waals surface area contributed by atoms with Gasteiger partial charge in [-0.25, -0.2) is 23.1 Å². The lowest BCUT2D eigenvalue weighted by molar-refractivity contribution is -0.152. The molecule has 1 aliphatic carbocycles. The third kappa shape index (κ3) is 3.28. The van der Waals surface area contributed by atoms with Gasteiger partial charge >= 0.3 is 5.97 Å².